The van der Waals surface area contributed by atoms with Crippen LogP contribution < -0.4 is 5.32 Å². The van der Waals surface area contributed by atoms with Crippen molar-refractivity contribution in [3.05, 3.63) is 53.6 Å². The van der Waals surface area contributed by atoms with Gasteiger partial charge in [-0.3, -0.25) is 4.98 Å². The Bertz CT molecular complexity index is 748. The Morgan fingerprint density at radius 1 is 1.14 bits per heavy atom. The molecule has 0 spiro atoms. The van der Waals surface area contributed by atoms with E-state index in [4.69, 9.17) is 0 Å². The van der Waals surface area contributed by atoms with Crippen LogP contribution in [0.3, 0.4) is 0 Å². The van der Waals surface area contributed by atoms with Crippen LogP contribution in [0.25, 0.3) is 5.65 Å². The Labute approximate surface area is 124 Å². The summed E-state index contributed by atoms with van der Waals surface area (Å²) >= 11 is 0. The van der Waals surface area contributed by atoms with Gasteiger partial charge in [-0.05, 0) is 38.0 Å². The summed E-state index contributed by atoms with van der Waals surface area (Å²) in [6, 6.07) is 8.33. The summed E-state index contributed by atoms with van der Waals surface area (Å²) in [5.41, 5.74) is 4.04. The third-order valence-corrected chi connectivity index (χ3v) is 3.52. The maximum absolute atomic E-state index is 4.51. The minimum atomic E-state index is 0.225. The van der Waals surface area contributed by atoms with Gasteiger partial charge in [-0.2, -0.15) is 9.61 Å². The molecular weight excluding hydrogens is 262 g/mol. The van der Waals surface area contributed by atoms with Gasteiger partial charge in [0.05, 0.1) is 11.7 Å². The number of hydrogen-bond donors (Lipinski definition) is 1. The van der Waals surface area contributed by atoms with Crippen LogP contribution in [0, 0.1) is 13.8 Å². The molecule has 0 amide bonds. The molecule has 21 heavy (non-hydrogen) atoms. The quantitative estimate of drug-likeness (QED) is 0.797. The number of aromatic nitrogens is 4. The van der Waals surface area contributed by atoms with E-state index < -0.39 is 0 Å². The number of rotatable bonds is 4. The summed E-state index contributed by atoms with van der Waals surface area (Å²) in [6.45, 7) is 6.15. The summed E-state index contributed by atoms with van der Waals surface area (Å²) in [5.74, 6) is 0.967. The number of nitrogens with one attached hydrogen (secondary N) is 1. The van der Waals surface area contributed by atoms with Gasteiger partial charge in [-0.1, -0.05) is 6.92 Å². The van der Waals surface area contributed by atoms with Crippen molar-refractivity contribution >= 4 is 11.5 Å². The first-order chi connectivity index (χ1) is 10.2. The van der Waals surface area contributed by atoms with Crippen LogP contribution in [-0.4, -0.2) is 19.6 Å². The standard InChI is InChI=1S/C16H19N5/c1-4-14(13-5-7-17-8-6-13)19-16-9-11(2)18-15-10-12(3)20-21(15)16/h5-10,14,19H,4H2,1-3H3/t14-/m0/s1. The molecule has 108 valence electrons. The third kappa shape index (κ3) is 2.72. The normalized spacial score (nSPS) is 12.5. The smallest absolute Gasteiger partial charge is 0.157 e. The number of aryl methyl sites for hydroxylation is 2. The lowest BCUT2D eigenvalue weighted by molar-refractivity contribution is 0.732. The van der Waals surface area contributed by atoms with Gasteiger partial charge in [0.25, 0.3) is 0 Å². The minimum Gasteiger partial charge on any atom is -0.363 e. The zero-order valence-electron chi connectivity index (χ0n) is 12.5. The molecule has 0 aliphatic carbocycles. The summed E-state index contributed by atoms with van der Waals surface area (Å²) in [7, 11) is 0. The Morgan fingerprint density at radius 3 is 2.62 bits per heavy atom. The largest absolute Gasteiger partial charge is 0.363 e. The first-order valence-electron chi connectivity index (χ1n) is 7.18. The van der Waals surface area contributed by atoms with Crippen molar-refractivity contribution in [1.82, 2.24) is 19.6 Å². The van der Waals surface area contributed by atoms with E-state index in [1.165, 1.54) is 5.56 Å². The predicted molar refractivity (Wildman–Crippen MR) is 83.4 cm³/mol. The molecular formula is C16H19N5. The summed E-state index contributed by atoms with van der Waals surface area (Å²) in [6.07, 6.45) is 4.63. The van der Waals surface area contributed by atoms with E-state index in [0.29, 0.717) is 0 Å². The lowest BCUT2D eigenvalue weighted by Crippen LogP contribution is -2.13. The topological polar surface area (TPSA) is 55.1 Å². The van der Waals surface area contributed by atoms with Gasteiger partial charge < -0.3 is 5.32 Å². The van der Waals surface area contributed by atoms with Gasteiger partial charge >= 0.3 is 0 Å². The van der Waals surface area contributed by atoms with E-state index in [1.807, 2.05) is 55.0 Å². The van der Waals surface area contributed by atoms with Crippen molar-refractivity contribution in [2.75, 3.05) is 5.32 Å². The molecule has 5 nitrogen and oxygen atoms in total. The van der Waals surface area contributed by atoms with Crippen molar-refractivity contribution in [2.45, 2.75) is 33.2 Å². The second kappa shape index (κ2) is 5.52. The third-order valence-electron chi connectivity index (χ3n) is 3.52. The predicted octanol–water partition coefficient (Wildman–Crippen LogP) is 3.30. The van der Waals surface area contributed by atoms with Crippen LogP contribution in [0.15, 0.2) is 36.7 Å². The van der Waals surface area contributed by atoms with Crippen molar-refractivity contribution in [2.24, 2.45) is 0 Å². The molecule has 3 heterocycles. The van der Waals surface area contributed by atoms with Crippen LogP contribution >= 0.6 is 0 Å². The molecule has 1 atom stereocenters. The fourth-order valence-electron chi connectivity index (χ4n) is 2.51. The van der Waals surface area contributed by atoms with E-state index in [9.17, 15) is 0 Å². The first kappa shape index (κ1) is 13.5. The molecule has 1 N–H and O–H groups in total. The Kier molecular flexibility index (Phi) is 3.56. The van der Waals surface area contributed by atoms with Crippen molar-refractivity contribution in [3.63, 3.8) is 0 Å². The molecule has 0 unspecified atom stereocenters. The number of pyridine rings is 1. The average Bonchev–Trinajstić information content (AvgIpc) is 2.85. The molecule has 0 bridgehead atoms. The van der Waals surface area contributed by atoms with Crippen LogP contribution in [0.1, 0.15) is 36.3 Å². The average molecular weight is 281 g/mol. The second-order valence-corrected chi connectivity index (χ2v) is 5.22. The molecule has 0 aliphatic heterocycles. The maximum atomic E-state index is 4.51. The Balaban J connectivity index is 2.00. The molecule has 3 aromatic heterocycles. The molecule has 0 fully saturated rings. The number of hydrogen-bond acceptors (Lipinski definition) is 4. The lowest BCUT2D eigenvalue weighted by Gasteiger charge is -2.19. The Hall–Kier alpha value is -2.43. The van der Waals surface area contributed by atoms with Crippen LogP contribution in [0.2, 0.25) is 0 Å². The molecule has 0 saturated carbocycles. The number of nitrogens with zero attached hydrogens (tertiary/aromatic N) is 4. The fraction of sp³-hybridized carbons (Fsp3) is 0.312. The number of anilines is 1. The maximum Gasteiger partial charge on any atom is 0.157 e. The van der Waals surface area contributed by atoms with Gasteiger partial charge in [-0.15, -0.1) is 0 Å². The molecule has 5 heteroatoms. The zero-order chi connectivity index (χ0) is 14.8. The lowest BCUT2D eigenvalue weighted by atomic mass is 10.1. The highest BCUT2D eigenvalue weighted by atomic mass is 15.3. The number of fused-ring (bicyclic) bond motifs is 1. The van der Waals surface area contributed by atoms with Gasteiger partial charge in [0.2, 0.25) is 0 Å². The van der Waals surface area contributed by atoms with Gasteiger partial charge in [-0.25, -0.2) is 4.98 Å². The summed E-state index contributed by atoms with van der Waals surface area (Å²) in [4.78, 5) is 8.59. The highest BCUT2D eigenvalue weighted by Crippen LogP contribution is 2.23. The molecule has 0 saturated heterocycles. The van der Waals surface area contributed by atoms with E-state index in [1.54, 1.807) is 0 Å². The van der Waals surface area contributed by atoms with Crippen molar-refractivity contribution in [1.29, 1.82) is 0 Å². The van der Waals surface area contributed by atoms with Crippen molar-refractivity contribution < 1.29 is 0 Å². The van der Waals surface area contributed by atoms with Crippen LogP contribution in [0.4, 0.5) is 5.82 Å². The highest BCUT2D eigenvalue weighted by Gasteiger charge is 2.12. The van der Waals surface area contributed by atoms with Gasteiger partial charge in [0, 0.05) is 30.2 Å². The highest BCUT2D eigenvalue weighted by molar-refractivity contribution is 5.51. The molecule has 3 rings (SSSR count). The molecule has 0 radical (unpaired) electrons. The zero-order valence-corrected chi connectivity index (χ0v) is 12.5. The first-order valence-corrected chi connectivity index (χ1v) is 7.18. The minimum absolute atomic E-state index is 0.225. The SMILES string of the molecule is CC[C@H](Nc1cc(C)nc2cc(C)nn12)c1ccncc1. The van der Waals surface area contributed by atoms with E-state index >= 15 is 0 Å². The summed E-state index contributed by atoms with van der Waals surface area (Å²) < 4.78 is 1.87. The fourth-order valence-corrected chi connectivity index (χ4v) is 2.51. The molecule has 3 aromatic rings. The monoisotopic (exact) mass is 281 g/mol. The van der Waals surface area contributed by atoms with Gasteiger partial charge in [0.1, 0.15) is 5.82 Å². The molecule has 0 aliphatic rings. The van der Waals surface area contributed by atoms with E-state index in [0.717, 1.165) is 29.3 Å². The van der Waals surface area contributed by atoms with Crippen LogP contribution in [-0.2, 0) is 0 Å². The molecule has 0 aromatic carbocycles. The summed E-state index contributed by atoms with van der Waals surface area (Å²) in [5, 5.41) is 8.09. The van der Waals surface area contributed by atoms with E-state index in [2.05, 4.69) is 27.3 Å². The van der Waals surface area contributed by atoms with Gasteiger partial charge in [0.15, 0.2) is 5.65 Å². The Morgan fingerprint density at radius 2 is 1.90 bits per heavy atom. The van der Waals surface area contributed by atoms with Crippen LogP contribution in [0.5, 0.6) is 0 Å². The van der Waals surface area contributed by atoms with Crippen molar-refractivity contribution in [3.8, 4) is 0 Å². The van der Waals surface area contributed by atoms with E-state index in [-0.39, 0.29) is 6.04 Å². The second-order valence-electron chi connectivity index (χ2n) is 5.22.